The van der Waals surface area contributed by atoms with Gasteiger partial charge in [-0.1, -0.05) is 12.1 Å². The summed E-state index contributed by atoms with van der Waals surface area (Å²) in [5.74, 6) is -1.32. The molecule has 0 bridgehead atoms. The number of nitrogens with zero attached hydrogens (tertiary/aromatic N) is 2. The highest BCUT2D eigenvalue weighted by Gasteiger charge is 2.16. The predicted octanol–water partition coefficient (Wildman–Crippen LogP) is 2.09. The summed E-state index contributed by atoms with van der Waals surface area (Å²) in [7, 11) is 0. The molecule has 0 aliphatic heterocycles. The van der Waals surface area contributed by atoms with Crippen molar-refractivity contribution >= 4 is 23.3 Å². The van der Waals surface area contributed by atoms with Crippen molar-refractivity contribution in [3.05, 3.63) is 64.0 Å². The minimum absolute atomic E-state index is 0.0897. The van der Waals surface area contributed by atoms with Gasteiger partial charge < -0.3 is 10.1 Å². The molecule has 1 amide bonds. The first-order valence-corrected chi connectivity index (χ1v) is 6.61. The Bertz CT molecular complexity index is 746. The number of carbonyl (C=O) groups excluding carboxylic acids is 2. The van der Waals surface area contributed by atoms with Crippen LogP contribution in [0.1, 0.15) is 16.1 Å². The van der Waals surface area contributed by atoms with E-state index in [4.69, 9.17) is 4.74 Å². The summed E-state index contributed by atoms with van der Waals surface area (Å²) in [6.45, 7) is 1.01. The first-order chi connectivity index (χ1) is 11.0. The summed E-state index contributed by atoms with van der Waals surface area (Å²) in [5.41, 5.74) is 0.597. The Morgan fingerprint density at radius 3 is 2.70 bits per heavy atom. The molecule has 118 valence electrons. The summed E-state index contributed by atoms with van der Waals surface area (Å²) >= 11 is 0. The molecular formula is C15H13N3O5. The van der Waals surface area contributed by atoms with E-state index >= 15 is 0 Å². The zero-order valence-corrected chi connectivity index (χ0v) is 12.2. The van der Waals surface area contributed by atoms with E-state index in [-0.39, 0.29) is 17.1 Å². The lowest BCUT2D eigenvalue weighted by atomic mass is 10.1. The Kier molecular flexibility index (Phi) is 4.98. The zero-order valence-electron chi connectivity index (χ0n) is 12.2. The third-order valence-electron chi connectivity index (χ3n) is 2.98. The monoisotopic (exact) mass is 315 g/mol. The maximum Gasteiger partial charge on any atom is 0.357 e. The van der Waals surface area contributed by atoms with Crippen molar-refractivity contribution < 1.29 is 19.2 Å². The number of ether oxygens (including phenoxy) is 1. The molecule has 0 unspecified atom stereocenters. The lowest BCUT2D eigenvalue weighted by Crippen LogP contribution is -2.21. The van der Waals surface area contributed by atoms with Gasteiger partial charge in [-0.05, 0) is 25.1 Å². The fourth-order valence-corrected chi connectivity index (χ4v) is 1.83. The van der Waals surface area contributed by atoms with Crippen LogP contribution in [-0.4, -0.2) is 28.4 Å². The van der Waals surface area contributed by atoms with Gasteiger partial charge in [-0.3, -0.25) is 14.9 Å². The molecule has 0 saturated heterocycles. The third-order valence-corrected chi connectivity index (χ3v) is 2.98. The molecule has 0 spiro atoms. The number of hydrogen-bond acceptors (Lipinski definition) is 6. The lowest BCUT2D eigenvalue weighted by Gasteiger charge is -2.09. The van der Waals surface area contributed by atoms with Crippen molar-refractivity contribution in [1.82, 2.24) is 4.98 Å². The molecule has 1 aromatic heterocycles. The van der Waals surface area contributed by atoms with Crippen molar-refractivity contribution in [2.75, 3.05) is 11.9 Å². The lowest BCUT2D eigenvalue weighted by molar-refractivity contribution is -0.385. The number of carbonyl (C=O) groups is 2. The average molecular weight is 315 g/mol. The molecule has 0 saturated carbocycles. The van der Waals surface area contributed by atoms with Crippen LogP contribution in [-0.2, 0) is 9.53 Å². The maximum absolute atomic E-state index is 11.8. The van der Waals surface area contributed by atoms with Gasteiger partial charge in [-0.15, -0.1) is 0 Å². The summed E-state index contributed by atoms with van der Waals surface area (Å²) in [4.78, 5) is 37.6. The Hall–Kier alpha value is -3.29. The normalized spacial score (nSPS) is 9.96. The highest BCUT2D eigenvalue weighted by Crippen LogP contribution is 2.24. The standard InChI is InChI=1S/C15H13N3O5/c1-10-11(6-4-7-13(10)18(21)22)17-14(19)9-23-15(20)12-5-2-3-8-16-12/h2-8H,9H2,1H3,(H,17,19). The Labute approximate surface area is 131 Å². The number of amides is 1. The van der Waals surface area contributed by atoms with Gasteiger partial charge in [0.15, 0.2) is 6.61 Å². The average Bonchev–Trinajstić information content (AvgIpc) is 2.55. The van der Waals surface area contributed by atoms with E-state index in [1.54, 1.807) is 12.1 Å². The number of nitro groups is 1. The van der Waals surface area contributed by atoms with Gasteiger partial charge in [-0.25, -0.2) is 9.78 Å². The first-order valence-electron chi connectivity index (χ1n) is 6.61. The van der Waals surface area contributed by atoms with Crippen LogP contribution in [0.15, 0.2) is 42.6 Å². The Morgan fingerprint density at radius 1 is 1.26 bits per heavy atom. The number of rotatable bonds is 5. The Morgan fingerprint density at radius 2 is 2.04 bits per heavy atom. The van der Waals surface area contributed by atoms with Crippen molar-refractivity contribution in [2.45, 2.75) is 6.92 Å². The fraction of sp³-hybridized carbons (Fsp3) is 0.133. The molecule has 23 heavy (non-hydrogen) atoms. The molecule has 8 heteroatoms. The van der Waals surface area contributed by atoms with E-state index in [1.807, 2.05) is 0 Å². The largest absolute Gasteiger partial charge is 0.451 e. The van der Waals surface area contributed by atoms with E-state index in [0.29, 0.717) is 5.56 Å². The number of nitrogens with one attached hydrogen (secondary N) is 1. The summed E-state index contributed by atoms with van der Waals surface area (Å²) in [6, 6.07) is 9.06. The van der Waals surface area contributed by atoms with Crippen molar-refractivity contribution in [2.24, 2.45) is 0 Å². The van der Waals surface area contributed by atoms with Gasteiger partial charge in [0, 0.05) is 12.3 Å². The number of esters is 1. The molecule has 2 aromatic rings. The molecule has 0 atom stereocenters. The topological polar surface area (TPSA) is 111 Å². The van der Waals surface area contributed by atoms with Gasteiger partial charge in [0.25, 0.3) is 11.6 Å². The molecule has 0 fully saturated rings. The van der Waals surface area contributed by atoms with Crippen LogP contribution in [0.3, 0.4) is 0 Å². The second-order valence-corrected chi connectivity index (χ2v) is 4.55. The summed E-state index contributed by atoms with van der Waals surface area (Å²) < 4.78 is 4.83. The van der Waals surface area contributed by atoms with Gasteiger partial charge in [0.05, 0.1) is 16.2 Å². The number of anilines is 1. The summed E-state index contributed by atoms with van der Waals surface area (Å²) in [5, 5.41) is 13.3. The van der Waals surface area contributed by atoms with Crippen molar-refractivity contribution in [1.29, 1.82) is 0 Å². The van der Waals surface area contributed by atoms with Crippen LogP contribution in [0.2, 0.25) is 0 Å². The van der Waals surface area contributed by atoms with Gasteiger partial charge in [-0.2, -0.15) is 0 Å². The van der Waals surface area contributed by atoms with E-state index in [1.165, 1.54) is 37.4 Å². The van der Waals surface area contributed by atoms with E-state index in [2.05, 4.69) is 10.3 Å². The quantitative estimate of drug-likeness (QED) is 0.513. The number of benzene rings is 1. The van der Waals surface area contributed by atoms with Crippen LogP contribution < -0.4 is 5.32 Å². The van der Waals surface area contributed by atoms with Crippen LogP contribution in [0.25, 0.3) is 0 Å². The molecule has 0 radical (unpaired) electrons. The zero-order chi connectivity index (χ0) is 16.8. The molecule has 1 N–H and O–H groups in total. The summed E-state index contributed by atoms with van der Waals surface area (Å²) in [6.07, 6.45) is 1.43. The minimum atomic E-state index is -0.725. The number of nitro benzene ring substituents is 1. The van der Waals surface area contributed by atoms with Crippen LogP contribution in [0, 0.1) is 17.0 Å². The SMILES string of the molecule is Cc1c(NC(=O)COC(=O)c2ccccn2)cccc1[N+](=O)[O-]. The fourth-order valence-electron chi connectivity index (χ4n) is 1.83. The van der Waals surface area contributed by atoms with Crippen LogP contribution in [0.4, 0.5) is 11.4 Å². The first kappa shape index (κ1) is 16.1. The number of pyridine rings is 1. The second-order valence-electron chi connectivity index (χ2n) is 4.55. The third kappa shape index (κ3) is 4.10. The van der Waals surface area contributed by atoms with E-state index in [0.717, 1.165) is 0 Å². The smallest absolute Gasteiger partial charge is 0.357 e. The van der Waals surface area contributed by atoms with E-state index < -0.39 is 23.4 Å². The molecular weight excluding hydrogens is 302 g/mol. The molecule has 0 aliphatic carbocycles. The molecule has 1 aromatic carbocycles. The van der Waals surface area contributed by atoms with Crippen molar-refractivity contribution in [3.63, 3.8) is 0 Å². The van der Waals surface area contributed by atoms with Crippen LogP contribution in [0.5, 0.6) is 0 Å². The van der Waals surface area contributed by atoms with Crippen LogP contribution >= 0.6 is 0 Å². The van der Waals surface area contributed by atoms with Gasteiger partial charge >= 0.3 is 5.97 Å². The minimum Gasteiger partial charge on any atom is -0.451 e. The number of hydrogen-bond donors (Lipinski definition) is 1. The molecule has 2 rings (SSSR count). The molecule has 1 heterocycles. The Balaban J connectivity index is 1.97. The van der Waals surface area contributed by atoms with Crippen molar-refractivity contribution in [3.8, 4) is 0 Å². The van der Waals surface area contributed by atoms with E-state index in [9.17, 15) is 19.7 Å². The second kappa shape index (κ2) is 7.12. The molecule has 8 nitrogen and oxygen atoms in total. The predicted molar refractivity (Wildman–Crippen MR) is 81.0 cm³/mol. The number of aromatic nitrogens is 1. The maximum atomic E-state index is 11.8. The molecule has 0 aliphatic rings. The highest BCUT2D eigenvalue weighted by atomic mass is 16.6. The van der Waals surface area contributed by atoms with Gasteiger partial charge in [0.1, 0.15) is 5.69 Å². The van der Waals surface area contributed by atoms with Gasteiger partial charge in [0.2, 0.25) is 0 Å². The highest BCUT2D eigenvalue weighted by molar-refractivity contribution is 5.95.